The molecule has 1 aromatic heterocycles. The highest BCUT2D eigenvalue weighted by molar-refractivity contribution is 8.00. The fraction of sp³-hybridized carbons (Fsp3) is 0.333. The Balaban J connectivity index is 2.27. The smallest absolute Gasteiger partial charge is 0.214 e. The maximum absolute atomic E-state index is 11.3. The minimum absolute atomic E-state index is 0.110. The van der Waals surface area contributed by atoms with Gasteiger partial charge in [0.2, 0.25) is 5.16 Å². The number of tetrazole rings is 1. The predicted molar refractivity (Wildman–Crippen MR) is 69.9 cm³/mol. The lowest BCUT2D eigenvalue weighted by Gasteiger charge is -2.07. The van der Waals surface area contributed by atoms with Crippen molar-refractivity contribution < 1.29 is 4.79 Å². The summed E-state index contributed by atoms with van der Waals surface area (Å²) in [5.41, 5.74) is 2.07. The van der Waals surface area contributed by atoms with Gasteiger partial charge >= 0.3 is 0 Å². The number of hydrogen-bond acceptors (Lipinski definition) is 5. The molecule has 94 valence electrons. The molecule has 0 aliphatic rings. The van der Waals surface area contributed by atoms with E-state index in [4.69, 9.17) is 0 Å². The average Bonchev–Trinajstić information content (AvgIpc) is 2.78. The summed E-state index contributed by atoms with van der Waals surface area (Å²) in [6, 6.07) is 7.90. The average molecular weight is 262 g/mol. The number of hydrogen-bond donors (Lipinski definition) is 0. The molecule has 1 atom stereocenters. The first-order chi connectivity index (χ1) is 8.58. The molecular formula is C12H14N4OS. The maximum atomic E-state index is 11.3. The van der Waals surface area contributed by atoms with Crippen molar-refractivity contribution in [2.24, 2.45) is 0 Å². The highest BCUT2D eigenvalue weighted by Crippen LogP contribution is 2.23. The van der Waals surface area contributed by atoms with Gasteiger partial charge in [0.05, 0.1) is 10.9 Å². The normalized spacial score (nSPS) is 12.4. The lowest BCUT2D eigenvalue weighted by molar-refractivity contribution is -0.116. The van der Waals surface area contributed by atoms with Gasteiger partial charge in [0.25, 0.3) is 0 Å². The van der Waals surface area contributed by atoms with Crippen LogP contribution in [0.5, 0.6) is 0 Å². The van der Waals surface area contributed by atoms with Gasteiger partial charge in [-0.3, -0.25) is 4.79 Å². The van der Waals surface area contributed by atoms with E-state index >= 15 is 0 Å². The van der Waals surface area contributed by atoms with E-state index in [0.29, 0.717) is 5.16 Å². The van der Waals surface area contributed by atoms with E-state index in [1.54, 1.807) is 11.6 Å². The monoisotopic (exact) mass is 262 g/mol. The Kier molecular flexibility index (Phi) is 3.76. The summed E-state index contributed by atoms with van der Waals surface area (Å²) in [5, 5.41) is 12.0. The first-order valence-electron chi connectivity index (χ1n) is 5.60. The molecule has 0 bridgehead atoms. The Morgan fingerprint density at radius 1 is 1.33 bits per heavy atom. The van der Waals surface area contributed by atoms with E-state index in [0.717, 1.165) is 5.69 Å². The van der Waals surface area contributed by atoms with Crippen molar-refractivity contribution in [1.82, 2.24) is 20.2 Å². The Bertz CT molecular complexity index is 549. The molecule has 1 aromatic carbocycles. The van der Waals surface area contributed by atoms with Gasteiger partial charge in [0, 0.05) is 0 Å². The summed E-state index contributed by atoms with van der Waals surface area (Å²) in [6.45, 7) is 5.44. The fourth-order valence-electron chi connectivity index (χ4n) is 1.34. The number of benzene rings is 1. The van der Waals surface area contributed by atoms with Crippen LogP contribution in [-0.2, 0) is 4.79 Å². The van der Waals surface area contributed by atoms with Crippen LogP contribution in [0.15, 0.2) is 29.4 Å². The van der Waals surface area contributed by atoms with Gasteiger partial charge in [-0.05, 0) is 43.3 Å². The van der Waals surface area contributed by atoms with Crippen LogP contribution in [0.1, 0.15) is 19.4 Å². The van der Waals surface area contributed by atoms with Crippen molar-refractivity contribution in [3.8, 4) is 5.69 Å². The molecule has 1 heterocycles. The number of aromatic nitrogens is 4. The van der Waals surface area contributed by atoms with E-state index < -0.39 is 0 Å². The summed E-state index contributed by atoms with van der Waals surface area (Å²) >= 11 is 1.36. The summed E-state index contributed by atoms with van der Waals surface area (Å²) in [7, 11) is 0. The third-order valence-corrected chi connectivity index (χ3v) is 3.73. The molecule has 0 fully saturated rings. The molecule has 18 heavy (non-hydrogen) atoms. The zero-order valence-electron chi connectivity index (χ0n) is 10.5. The minimum atomic E-state index is -0.153. The molecule has 6 heteroatoms. The maximum Gasteiger partial charge on any atom is 0.214 e. The van der Waals surface area contributed by atoms with E-state index in [1.807, 2.05) is 38.1 Å². The molecule has 0 spiro atoms. The van der Waals surface area contributed by atoms with Gasteiger partial charge in [0.15, 0.2) is 0 Å². The van der Waals surface area contributed by atoms with Crippen LogP contribution in [0.4, 0.5) is 0 Å². The van der Waals surface area contributed by atoms with Gasteiger partial charge in [-0.2, -0.15) is 4.68 Å². The van der Waals surface area contributed by atoms with Crippen LogP contribution < -0.4 is 0 Å². The lowest BCUT2D eigenvalue weighted by atomic mass is 10.2. The van der Waals surface area contributed by atoms with Crippen molar-refractivity contribution in [2.75, 3.05) is 0 Å². The quantitative estimate of drug-likeness (QED) is 0.789. The Labute approximate surface area is 110 Å². The van der Waals surface area contributed by atoms with Gasteiger partial charge in [0.1, 0.15) is 5.78 Å². The molecule has 0 radical (unpaired) electrons. The van der Waals surface area contributed by atoms with Gasteiger partial charge in [-0.15, -0.1) is 5.10 Å². The number of rotatable bonds is 4. The molecule has 0 N–H and O–H groups in total. The Hall–Kier alpha value is -1.69. The first kappa shape index (κ1) is 12.8. The Morgan fingerprint density at radius 3 is 2.61 bits per heavy atom. The second kappa shape index (κ2) is 5.30. The summed E-state index contributed by atoms with van der Waals surface area (Å²) in [4.78, 5) is 11.3. The highest BCUT2D eigenvalue weighted by atomic mass is 32.2. The fourth-order valence-corrected chi connectivity index (χ4v) is 2.15. The van der Waals surface area contributed by atoms with Crippen LogP contribution in [-0.4, -0.2) is 31.2 Å². The molecule has 2 rings (SSSR count). The molecule has 0 aliphatic carbocycles. The van der Waals surface area contributed by atoms with E-state index in [1.165, 1.54) is 17.3 Å². The third-order valence-electron chi connectivity index (χ3n) is 2.57. The van der Waals surface area contributed by atoms with Crippen molar-refractivity contribution in [1.29, 1.82) is 0 Å². The minimum Gasteiger partial charge on any atom is -0.299 e. The van der Waals surface area contributed by atoms with E-state index in [-0.39, 0.29) is 11.0 Å². The standard InChI is InChI=1S/C12H14N4OS/c1-8-4-6-11(7-5-8)16-12(13-14-15-16)18-10(3)9(2)17/h4-7,10H,1-3H3. The predicted octanol–water partition coefficient (Wildman–Crippen LogP) is 2.04. The van der Waals surface area contributed by atoms with Gasteiger partial charge in [-0.25, -0.2) is 0 Å². The molecule has 1 unspecified atom stereocenters. The number of ketones is 1. The van der Waals surface area contributed by atoms with Crippen molar-refractivity contribution in [3.63, 3.8) is 0 Å². The second-order valence-electron chi connectivity index (χ2n) is 4.08. The van der Waals surface area contributed by atoms with Crippen LogP contribution >= 0.6 is 11.8 Å². The summed E-state index contributed by atoms with van der Waals surface area (Å²) in [5.74, 6) is 0.110. The number of carbonyl (C=O) groups is 1. The number of nitrogens with zero attached hydrogens (tertiary/aromatic N) is 4. The van der Waals surface area contributed by atoms with Crippen LogP contribution in [0.3, 0.4) is 0 Å². The molecule has 2 aromatic rings. The molecule has 0 saturated carbocycles. The molecule has 0 aliphatic heterocycles. The van der Waals surface area contributed by atoms with E-state index in [2.05, 4.69) is 15.5 Å². The zero-order valence-corrected chi connectivity index (χ0v) is 11.3. The molecule has 0 saturated heterocycles. The molecule has 0 amide bonds. The number of carbonyl (C=O) groups excluding carboxylic acids is 1. The number of thioether (sulfide) groups is 1. The lowest BCUT2D eigenvalue weighted by Crippen LogP contribution is -2.10. The zero-order chi connectivity index (χ0) is 13.1. The van der Waals surface area contributed by atoms with Crippen molar-refractivity contribution >= 4 is 17.5 Å². The van der Waals surface area contributed by atoms with Gasteiger partial charge < -0.3 is 0 Å². The number of Topliss-reactive ketones (excluding diaryl/α,β-unsaturated/α-hetero) is 1. The van der Waals surface area contributed by atoms with Crippen LogP contribution in [0.2, 0.25) is 0 Å². The highest BCUT2D eigenvalue weighted by Gasteiger charge is 2.15. The summed E-state index contributed by atoms with van der Waals surface area (Å²) < 4.78 is 1.64. The van der Waals surface area contributed by atoms with Gasteiger partial charge in [-0.1, -0.05) is 29.5 Å². The SMILES string of the molecule is CC(=O)C(C)Sc1nnnn1-c1ccc(C)cc1. The van der Waals surface area contributed by atoms with Crippen LogP contribution in [0.25, 0.3) is 5.69 Å². The van der Waals surface area contributed by atoms with Crippen LogP contribution in [0, 0.1) is 6.92 Å². The number of aryl methyl sites for hydroxylation is 1. The molecular weight excluding hydrogens is 248 g/mol. The van der Waals surface area contributed by atoms with E-state index in [9.17, 15) is 4.79 Å². The third kappa shape index (κ3) is 2.76. The largest absolute Gasteiger partial charge is 0.299 e. The first-order valence-corrected chi connectivity index (χ1v) is 6.48. The summed E-state index contributed by atoms with van der Waals surface area (Å²) in [6.07, 6.45) is 0. The van der Waals surface area contributed by atoms with Crippen molar-refractivity contribution in [3.05, 3.63) is 29.8 Å². The Morgan fingerprint density at radius 2 is 2.00 bits per heavy atom. The topological polar surface area (TPSA) is 60.7 Å². The second-order valence-corrected chi connectivity index (χ2v) is 5.39. The molecule has 5 nitrogen and oxygen atoms in total. The van der Waals surface area contributed by atoms with Crippen molar-refractivity contribution in [2.45, 2.75) is 31.2 Å².